The third kappa shape index (κ3) is 3.42. The van der Waals surface area contributed by atoms with Crippen LogP contribution in [-0.4, -0.2) is 59.7 Å². The van der Waals surface area contributed by atoms with Crippen LogP contribution in [0.15, 0.2) is 6.33 Å². The van der Waals surface area contributed by atoms with E-state index in [0.29, 0.717) is 17.2 Å². The maximum atomic E-state index is 11.7. The first kappa shape index (κ1) is 16.1. The zero-order valence-corrected chi connectivity index (χ0v) is 14.0. The maximum absolute atomic E-state index is 11.7. The highest BCUT2D eigenvalue weighted by Crippen LogP contribution is 2.31. The van der Waals surface area contributed by atoms with E-state index in [4.69, 9.17) is 0 Å². The van der Waals surface area contributed by atoms with Crippen LogP contribution in [0.25, 0.3) is 11.2 Å². The molecule has 0 saturated heterocycles. The first-order valence-electron chi connectivity index (χ1n) is 7.65. The smallest absolute Gasteiger partial charge is 0.211 e. The van der Waals surface area contributed by atoms with Gasteiger partial charge in [0.25, 0.3) is 0 Å². The molecule has 1 aliphatic rings. The van der Waals surface area contributed by atoms with Crippen molar-refractivity contribution in [2.75, 3.05) is 24.7 Å². The van der Waals surface area contributed by atoms with Crippen molar-refractivity contribution in [3.05, 3.63) is 6.33 Å². The summed E-state index contributed by atoms with van der Waals surface area (Å²) in [5.74, 6) is 1.19. The molecule has 23 heavy (non-hydrogen) atoms. The Morgan fingerprint density at radius 2 is 2.00 bits per heavy atom. The van der Waals surface area contributed by atoms with E-state index >= 15 is 0 Å². The van der Waals surface area contributed by atoms with Crippen molar-refractivity contribution >= 4 is 27.0 Å². The van der Waals surface area contributed by atoms with Crippen LogP contribution in [0.2, 0.25) is 0 Å². The molecule has 0 unspecified atom stereocenters. The van der Waals surface area contributed by atoms with Gasteiger partial charge in [-0.05, 0) is 38.6 Å². The third-order valence-electron chi connectivity index (χ3n) is 4.57. The summed E-state index contributed by atoms with van der Waals surface area (Å²) >= 11 is 0. The van der Waals surface area contributed by atoms with Crippen LogP contribution in [0, 0.1) is 5.92 Å². The van der Waals surface area contributed by atoms with Crippen LogP contribution in [0.3, 0.4) is 0 Å². The maximum Gasteiger partial charge on any atom is 0.211 e. The van der Waals surface area contributed by atoms with Crippen molar-refractivity contribution in [2.45, 2.75) is 31.7 Å². The number of rotatable bonds is 5. The molecular formula is C13H21N7O2S. The minimum absolute atomic E-state index is 0.209. The number of aromatic nitrogens is 5. The van der Waals surface area contributed by atoms with Crippen LogP contribution in [-0.2, 0) is 10.0 Å². The number of nitrogens with one attached hydrogen (secondary N) is 2. The minimum Gasteiger partial charge on any atom is -0.355 e. The number of H-pyrrole nitrogens is 1. The first-order chi connectivity index (χ1) is 11.0. The predicted octanol–water partition coefficient (Wildman–Crippen LogP) is 0.292. The average Bonchev–Trinajstić information content (AvgIpc) is 3.03. The molecule has 0 amide bonds. The Labute approximate surface area is 134 Å². The normalized spacial score (nSPS) is 22.3. The van der Waals surface area contributed by atoms with Crippen LogP contribution >= 0.6 is 0 Å². The van der Waals surface area contributed by atoms with Gasteiger partial charge in [-0.3, -0.25) is 0 Å². The van der Waals surface area contributed by atoms with E-state index < -0.39 is 10.0 Å². The van der Waals surface area contributed by atoms with Crippen LogP contribution in [0.4, 0.5) is 5.82 Å². The Kier molecular flexibility index (Phi) is 4.44. The lowest BCUT2D eigenvalue weighted by Crippen LogP contribution is -2.38. The Hall–Kier alpha value is -1.81. The lowest BCUT2D eigenvalue weighted by molar-refractivity contribution is 0.340. The number of hydrogen-bond acceptors (Lipinski definition) is 7. The molecule has 0 bridgehead atoms. The molecule has 2 heterocycles. The Balaban J connectivity index is 1.67. The van der Waals surface area contributed by atoms with Gasteiger partial charge in [-0.15, -0.1) is 5.10 Å². The van der Waals surface area contributed by atoms with Crippen molar-refractivity contribution in [3.8, 4) is 0 Å². The quantitative estimate of drug-likeness (QED) is 0.804. The fourth-order valence-electron chi connectivity index (χ4n) is 3.19. The number of fused-ring (bicyclic) bond motifs is 1. The van der Waals surface area contributed by atoms with Gasteiger partial charge in [-0.1, -0.05) is 0 Å². The molecule has 2 aromatic rings. The van der Waals surface area contributed by atoms with Crippen LogP contribution in [0.1, 0.15) is 25.7 Å². The number of nitrogens with zero attached hydrogens (tertiary/aromatic N) is 5. The molecule has 10 heteroatoms. The van der Waals surface area contributed by atoms with Gasteiger partial charge in [0, 0.05) is 13.1 Å². The molecule has 126 valence electrons. The van der Waals surface area contributed by atoms with E-state index in [2.05, 4.69) is 35.0 Å². The molecule has 1 fully saturated rings. The Morgan fingerprint density at radius 3 is 2.70 bits per heavy atom. The van der Waals surface area contributed by atoms with Gasteiger partial charge in [0.15, 0.2) is 11.3 Å². The summed E-state index contributed by atoms with van der Waals surface area (Å²) in [5, 5.41) is 10.7. The van der Waals surface area contributed by atoms with Gasteiger partial charge in [0.2, 0.25) is 15.7 Å². The number of hydrogen-bond donors (Lipinski definition) is 2. The van der Waals surface area contributed by atoms with E-state index in [9.17, 15) is 8.42 Å². The van der Waals surface area contributed by atoms with Crippen molar-refractivity contribution < 1.29 is 8.42 Å². The second-order valence-corrected chi connectivity index (χ2v) is 7.94. The summed E-state index contributed by atoms with van der Waals surface area (Å²) in [6.07, 6.45) is 5.14. The van der Waals surface area contributed by atoms with Gasteiger partial charge in [-0.2, -0.15) is 10.3 Å². The molecule has 3 rings (SSSR count). The highest BCUT2D eigenvalue weighted by Gasteiger charge is 2.28. The zero-order chi connectivity index (χ0) is 16.4. The van der Waals surface area contributed by atoms with E-state index in [0.717, 1.165) is 31.5 Å². The van der Waals surface area contributed by atoms with Gasteiger partial charge >= 0.3 is 0 Å². The van der Waals surface area contributed by atoms with Gasteiger partial charge in [-0.25, -0.2) is 23.1 Å². The number of anilines is 1. The van der Waals surface area contributed by atoms with Gasteiger partial charge in [0.05, 0.1) is 5.75 Å². The van der Waals surface area contributed by atoms with Crippen molar-refractivity contribution in [1.29, 1.82) is 0 Å². The molecule has 0 radical (unpaired) electrons. The molecule has 2 N–H and O–H groups in total. The molecule has 0 aromatic carbocycles. The van der Waals surface area contributed by atoms with E-state index in [1.807, 2.05) is 7.05 Å². The standard InChI is InChI=1S/C13H21N7O2S/c1-14-23(21,22)7-9-3-5-10(6-4-9)20(2)13-11-12(15-8-16-13)18-19-17-11/h8-10,14H,3-7H2,1-2H3,(H,15,16,17,18,19). The summed E-state index contributed by atoms with van der Waals surface area (Å²) in [4.78, 5) is 10.5. The monoisotopic (exact) mass is 339 g/mol. The van der Waals surface area contributed by atoms with E-state index in [-0.39, 0.29) is 11.7 Å². The summed E-state index contributed by atoms with van der Waals surface area (Å²) in [5.41, 5.74) is 1.21. The third-order valence-corrected chi connectivity index (χ3v) is 6.10. The molecule has 1 saturated carbocycles. The molecule has 0 atom stereocenters. The summed E-state index contributed by atoms with van der Waals surface area (Å²) < 4.78 is 25.7. The van der Waals surface area contributed by atoms with Crippen molar-refractivity contribution in [3.63, 3.8) is 0 Å². The molecule has 2 aromatic heterocycles. The second kappa shape index (κ2) is 6.36. The molecule has 0 spiro atoms. The summed E-state index contributed by atoms with van der Waals surface area (Å²) in [7, 11) is 0.320. The highest BCUT2D eigenvalue weighted by atomic mass is 32.2. The first-order valence-corrected chi connectivity index (χ1v) is 9.31. The van der Waals surface area contributed by atoms with Gasteiger partial charge < -0.3 is 4.90 Å². The zero-order valence-electron chi connectivity index (χ0n) is 13.2. The molecule has 9 nitrogen and oxygen atoms in total. The van der Waals surface area contributed by atoms with E-state index in [1.54, 1.807) is 0 Å². The lowest BCUT2D eigenvalue weighted by atomic mass is 9.86. The molecule has 1 aliphatic carbocycles. The van der Waals surface area contributed by atoms with Crippen LogP contribution in [0.5, 0.6) is 0 Å². The lowest BCUT2D eigenvalue weighted by Gasteiger charge is -2.35. The number of aromatic amines is 1. The Bertz CT molecular complexity index is 767. The SMILES string of the molecule is CNS(=O)(=O)CC1CCC(N(C)c2ncnc3n[nH]nc23)CC1. The largest absolute Gasteiger partial charge is 0.355 e. The predicted molar refractivity (Wildman–Crippen MR) is 86.5 cm³/mol. The summed E-state index contributed by atoms with van der Waals surface area (Å²) in [6, 6.07) is 0.318. The van der Waals surface area contributed by atoms with Crippen molar-refractivity contribution in [1.82, 2.24) is 30.1 Å². The topological polar surface area (TPSA) is 117 Å². The Morgan fingerprint density at radius 1 is 1.26 bits per heavy atom. The van der Waals surface area contributed by atoms with Crippen LogP contribution < -0.4 is 9.62 Å². The van der Waals surface area contributed by atoms with Crippen molar-refractivity contribution in [2.24, 2.45) is 5.92 Å². The molecule has 0 aliphatic heterocycles. The molecular weight excluding hydrogens is 318 g/mol. The fraction of sp³-hybridized carbons (Fsp3) is 0.692. The second-order valence-electron chi connectivity index (χ2n) is 5.96. The van der Waals surface area contributed by atoms with Gasteiger partial charge in [0.1, 0.15) is 6.33 Å². The number of sulfonamides is 1. The highest BCUT2D eigenvalue weighted by molar-refractivity contribution is 7.89. The minimum atomic E-state index is -3.14. The fourth-order valence-corrected chi connectivity index (χ4v) is 4.31. The average molecular weight is 339 g/mol. The van der Waals surface area contributed by atoms with E-state index in [1.165, 1.54) is 13.4 Å². The summed E-state index contributed by atoms with van der Waals surface area (Å²) in [6.45, 7) is 0.